The maximum atomic E-state index is 6.09. The lowest BCUT2D eigenvalue weighted by molar-refractivity contribution is 0.751. The fourth-order valence-electron chi connectivity index (χ4n) is 2.29. The minimum Gasteiger partial charge on any atom is -0.357 e. The average molecular weight is 385 g/mol. The van der Waals surface area contributed by atoms with Crippen LogP contribution in [0.15, 0.2) is 28.8 Å². The van der Waals surface area contributed by atoms with Gasteiger partial charge in [-0.3, -0.25) is 4.40 Å². The molecule has 0 atom stereocenters. The smallest absolute Gasteiger partial charge is 0.193 e. The Kier molecular flexibility index (Phi) is 5.33. The number of halogens is 2. The molecule has 0 spiro atoms. The molecular formula is C15H18Cl2N6S. The van der Waals surface area contributed by atoms with Gasteiger partial charge in [0.2, 0.25) is 0 Å². The van der Waals surface area contributed by atoms with E-state index in [2.05, 4.69) is 20.6 Å². The molecule has 0 fully saturated rings. The topological polar surface area (TPSA) is 58.6 Å². The quantitative estimate of drug-likeness (QED) is 0.524. The molecule has 0 saturated heterocycles. The second-order valence-corrected chi connectivity index (χ2v) is 6.85. The highest BCUT2D eigenvalue weighted by atomic mass is 35.5. The summed E-state index contributed by atoms with van der Waals surface area (Å²) in [4.78, 5) is 10.1. The van der Waals surface area contributed by atoms with E-state index in [1.165, 1.54) is 0 Å². The Hall–Kier alpha value is -1.70. The summed E-state index contributed by atoms with van der Waals surface area (Å²) in [5, 5.41) is 9.61. The number of hydrogen-bond donors (Lipinski definition) is 2. The second-order valence-electron chi connectivity index (χ2n) is 5.21. The van der Waals surface area contributed by atoms with Crippen LogP contribution >= 0.6 is 34.5 Å². The minimum atomic E-state index is 0.512. The molecule has 3 aromatic heterocycles. The number of imidazole rings is 1. The van der Waals surface area contributed by atoms with E-state index in [9.17, 15) is 0 Å². The van der Waals surface area contributed by atoms with Crippen molar-refractivity contribution in [2.24, 2.45) is 12.0 Å². The van der Waals surface area contributed by atoms with Crippen LogP contribution in [0.4, 0.5) is 0 Å². The first-order valence-electron chi connectivity index (χ1n) is 7.51. The van der Waals surface area contributed by atoms with Crippen molar-refractivity contribution in [3.05, 3.63) is 45.4 Å². The van der Waals surface area contributed by atoms with Crippen molar-refractivity contribution in [2.75, 3.05) is 6.54 Å². The van der Waals surface area contributed by atoms with Crippen molar-refractivity contribution in [3.8, 4) is 0 Å². The van der Waals surface area contributed by atoms with Gasteiger partial charge >= 0.3 is 0 Å². The first kappa shape index (κ1) is 17.1. The summed E-state index contributed by atoms with van der Waals surface area (Å²) in [7, 11) is 1.88. The molecule has 0 aliphatic heterocycles. The predicted molar refractivity (Wildman–Crippen MR) is 100 cm³/mol. The Labute approximate surface area is 154 Å². The number of nitrogens with zero attached hydrogens (tertiary/aromatic N) is 4. The van der Waals surface area contributed by atoms with Crippen LogP contribution in [0.25, 0.3) is 4.96 Å². The zero-order valence-electron chi connectivity index (χ0n) is 13.4. The van der Waals surface area contributed by atoms with Crippen molar-refractivity contribution >= 4 is 45.5 Å². The van der Waals surface area contributed by atoms with Gasteiger partial charge in [0.15, 0.2) is 10.9 Å². The highest BCUT2D eigenvalue weighted by molar-refractivity contribution is 7.15. The third-order valence-corrected chi connectivity index (χ3v) is 5.15. The summed E-state index contributed by atoms with van der Waals surface area (Å²) in [6.45, 7) is 3.89. The molecule has 0 aromatic carbocycles. The molecular weight excluding hydrogens is 367 g/mol. The largest absolute Gasteiger partial charge is 0.357 e. The number of hydrogen-bond acceptors (Lipinski definition) is 3. The van der Waals surface area contributed by atoms with Crippen LogP contribution < -0.4 is 10.6 Å². The Morgan fingerprint density at radius 3 is 2.88 bits per heavy atom. The van der Waals surface area contributed by atoms with Gasteiger partial charge in [0, 0.05) is 37.1 Å². The number of guanidine groups is 1. The van der Waals surface area contributed by atoms with Gasteiger partial charge < -0.3 is 15.2 Å². The summed E-state index contributed by atoms with van der Waals surface area (Å²) in [5.41, 5.74) is 1.92. The van der Waals surface area contributed by atoms with Crippen LogP contribution in [0.2, 0.25) is 10.2 Å². The zero-order valence-corrected chi connectivity index (χ0v) is 15.7. The number of rotatable bonds is 5. The normalized spacial score (nSPS) is 12.1. The minimum absolute atomic E-state index is 0.512. The first-order chi connectivity index (χ1) is 11.6. The molecule has 0 saturated carbocycles. The Morgan fingerprint density at radius 1 is 1.38 bits per heavy atom. The van der Waals surface area contributed by atoms with Gasteiger partial charge in [-0.25, -0.2) is 9.98 Å². The van der Waals surface area contributed by atoms with Crippen LogP contribution in [0.1, 0.15) is 18.3 Å². The van der Waals surface area contributed by atoms with Crippen molar-refractivity contribution in [3.63, 3.8) is 0 Å². The van der Waals surface area contributed by atoms with E-state index >= 15 is 0 Å². The van der Waals surface area contributed by atoms with Gasteiger partial charge in [0.1, 0.15) is 5.15 Å². The van der Waals surface area contributed by atoms with Gasteiger partial charge in [0.25, 0.3) is 0 Å². The summed E-state index contributed by atoms with van der Waals surface area (Å²) in [5.74, 6) is 0.724. The Bertz CT molecular complexity index is 834. The van der Waals surface area contributed by atoms with Crippen LogP contribution in [-0.4, -0.2) is 26.5 Å². The van der Waals surface area contributed by atoms with Gasteiger partial charge in [-0.15, -0.1) is 11.3 Å². The van der Waals surface area contributed by atoms with E-state index in [1.54, 1.807) is 11.3 Å². The molecule has 0 aliphatic rings. The van der Waals surface area contributed by atoms with E-state index < -0.39 is 0 Å². The molecule has 6 nitrogen and oxygen atoms in total. The molecule has 0 aliphatic carbocycles. The molecule has 0 unspecified atom stereocenters. The number of aliphatic imine (C=N–C) groups is 1. The maximum Gasteiger partial charge on any atom is 0.193 e. The highest BCUT2D eigenvalue weighted by Gasteiger charge is 2.09. The molecule has 2 N–H and O–H groups in total. The monoisotopic (exact) mass is 384 g/mol. The fourth-order valence-corrected chi connectivity index (χ4v) is 3.42. The Balaban J connectivity index is 1.66. The van der Waals surface area contributed by atoms with Crippen molar-refractivity contribution in [1.29, 1.82) is 0 Å². The van der Waals surface area contributed by atoms with Crippen molar-refractivity contribution < 1.29 is 0 Å². The predicted octanol–water partition coefficient (Wildman–Crippen LogP) is 3.30. The van der Waals surface area contributed by atoms with E-state index in [-0.39, 0.29) is 0 Å². The van der Waals surface area contributed by atoms with Crippen LogP contribution in [0.3, 0.4) is 0 Å². The number of fused-ring (bicyclic) bond motifs is 1. The highest BCUT2D eigenvalue weighted by Crippen LogP contribution is 2.24. The third-order valence-electron chi connectivity index (χ3n) is 3.54. The van der Waals surface area contributed by atoms with Crippen molar-refractivity contribution in [1.82, 2.24) is 24.6 Å². The second kappa shape index (κ2) is 7.46. The first-order valence-corrected chi connectivity index (χ1v) is 9.15. The van der Waals surface area contributed by atoms with Gasteiger partial charge in [-0.1, -0.05) is 23.2 Å². The molecule has 0 bridgehead atoms. The fraction of sp³-hybridized carbons (Fsp3) is 0.333. The van der Waals surface area contributed by atoms with Gasteiger partial charge in [-0.05, 0) is 13.0 Å². The van der Waals surface area contributed by atoms with E-state index in [0.29, 0.717) is 23.3 Å². The lowest BCUT2D eigenvalue weighted by atomic mass is 10.4. The standard InChI is InChI=1S/C15H18Cl2N6S/c1-3-18-14(20-8-11-6-12(16)13(17)22(11)2)19-7-10-9-23-4-5-24-15(23)21-10/h4-6,9H,3,7-8H2,1-2H3,(H2,18,19,20). The SMILES string of the molecule is CCNC(=NCc1cn2ccsc2n1)NCc1cc(Cl)c(Cl)n1C. The van der Waals surface area contributed by atoms with Gasteiger partial charge in [0.05, 0.1) is 23.8 Å². The molecule has 3 aromatic rings. The summed E-state index contributed by atoms with van der Waals surface area (Å²) in [6.07, 6.45) is 3.99. The molecule has 128 valence electrons. The summed E-state index contributed by atoms with van der Waals surface area (Å²) in [6, 6.07) is 1.85. The van der Waals surface area contributed by atoms with Gasteiger partial charge in [-0.2, -0.15) is 0 Å². The summed E-state index contributed by atoms with van der Waals surface area (Å²) >= 11 is 13.7. The molecule has 24 heavy (non-hydrogen) atoms. The molecule has 0 amide bonds. The van der Waals surface area contributed by atoms with Crippen LogP contribution in [0, 0.1) is 0 Å². The zero-order chi connectivity index (χ0) is 17.1. The van der Waals surface area contributed by atoms with E-state index in [4.69, 9.17) is 23.2 Å². The maximum absolute atomic E-state index is 6.09. The molecule has 3 heterocycles. The lowest BCUT2D eigenvalue weighted by Crippen LogP contribution is -2.37. The van der Waals surface area contributed by atoms with Crippen LogP contribution in [0.5, 0.6) is 0 Å². The Morgan fingerprint density at radius 2 is 2.21 bits per heavy atom. The van der Waals surface area contributed by atoms with Crippen LogP contribution in [-0.2, 0) is 20.1 Å². The molecule has 0 radical (unpaired) electrons. The van der Waals surface area contributed by atoms with E-state index in [1.807, 2.05) is 46.8 Å². The third kappa shape index (κ3) is 3.68. The average Bonchev–Trinajstić information content (AvgIpc) is 3.21. The van der Waals surface area contributed by atoms with E-state index in [0.717, 1.165) is 28.9 Å². The number of nitrogens with one attached hydrogen (secondary N) is 2. The van der Waals surface area contributed by atoms with Crippen molar-refractivity contribution in [2.45, 2.75) is 20.0 Å². The lowest BCUT2D eigenvalue weighted by Gasteiger charge is -2.11. The molecule has 3 rings (SSSR count). The summed E-state index contributed by atoms with van der Waals surface area (Å²) < 4.78 is 3.85. The molecule has 9 heteroatoms. The number of thiazole rings is 1. The number of aromatic nitrogens is 3.